The van der Waals surface area contributed by atoms with Crippen LogP contribution in [0, 0.1) is 10.5 Å². The van der Waals surface area contributed by atoms with E-state index in [1.165, 1.54) is 0 Å². The minimum atomic E-state index is -0.597. The highest BCUT2D eigenvalue weighted by atomic mass is 127. The van der Waals surface area contributed by atoms with Crippen LogP contribution in [0.3, 0.4) is 0 Å². The van der Waals surface area contributed by atoms with Gasteiger partial charge in [-0.3, -0.25) is 14.4 Å². The number of carbonyl (C=O) groups excluding carboxylic acids is 1. The van der Waals surface area contributed by atoms with Crippen LogP contribution in [-0.2, 0) is 0 Å². The third-order valence-corrected chi connectivity index (χ3v) is 7.45. The van der Waals surface area contributed by atoms with Crippen LogP contribution in [-0.4, -0.2) is 31.4 Å². The molecule has 0 spiro atoms. The van der Waals surface area contributed by atoms with Gasteiger partial charge in [-0.15, -0.1) is 10.2 Å². The lowest BCUT2D eigenvalue weighted by Crippen LogP contribution is -2.33. The fourth-order valence-corrected chi connectivity index (χ4v) is 5.40. The van der Waals surface area contributed by atoms with Crippen LogP contribution < -0.4 is 10.6 Å². The lowest BCUT2D eigenvalue weighted by atomic mass is 10.0. The molecule has 0 fully saturated rings. The predicted molar refractivity (Wildman–Crippen MR) is 169 cm³/mol. The second-order valence-electron chi connectivity index (χ2n) is 9.22. The number of ketones is 1. The summed E-state index contributed by atoms with van der Waals surface area (Å²) in [6, 6.07) is 32.8. The maximum Gasteiger partial charge on any atom is 0.193 e. The number of halogens is 1. The van der Waals surface area contributed by atoms with Gasteiger partial charge >= 0.3 is 0 Å². The van der Waals surface area contributed by atoms with Crippen molar-refractivity contribution < 1.29 is 4.79 Å². The quantitative estimate of drug-likeness (QED) is 0.133. The number of hydrogen-bond donors (Lipinski definition) is 2. The zero-order valence-electron chi connectivity index (χ0n) is 21.4. The Bertz CT molecular complexity index is 1750. The Morgan fingerprint density at radius 2 is 1.55 bits per heavy atom. The maximum absolute atomic E-state index is 12.8. The van der Waals surface area contributed by atoms with E-state index >= 15 is 0 Å². The number of nitrogens with one attached hydrogen (secondary N) is 2. The van der Waals surface area contributed by atoms with Gasteiger partial charge in [0.15, 0.2) is 22.9 Å². The van der Waals surface area contributed by atoms with E-state index in [2.05, 4.69) is 61.6 Å². The Morgan fingerprint density at radius 3 is 2.27 bits per heavy atom. The first-order valence-corrected chi connectivity index (χ1v) is 14.1. The molecule has 9 heteroatoms. The summed E-state index contributed by atoms with van der Waals surface area (Å²) in [5, 5.41) is 15.8. The van der Waals surface area contributed by atoms with Gasteiger partial charge in [-0.05, 0) is 84.2 Å². The molecule has 196 valence electrons. The number of hydrogen-bond acceptors (Lipinski definition) is 5. The average molecular weight is 655 g/mol. The van der Waals surface area contributed by atoms with E-state index in [1.54, 1.807) is 12.1 Å². The zero-order valence-corrected chi connectivity index (χ0v) is 24.3. The van der Waals surface area contributed by atoms with Gasteiger partial charge in [-0.2, -0.15) is 0 Å². The molecule has 1 aromatic heterocycles. The van der Waals surface area contributed by atoms with Gasteiger partial charge in [0.25, 0.3) is 0 Å². The van der Waals surface area contributed by atoms with Gasteiger partial charge in [0, 0.05) is 31.5 Å². The molecule has 6 rings (SSSR count). The van der Waals surface area contributed by atoms with Crippen molar-refractivity contribution in [1.29, 1.82) is 0 Å². The smallest absolute Gasteiger partial charge is 0.193 e. The largest absolute Gasteiger partial charge is 0.334 e. The molecule has 1 aliphatic rings. The summed E-state index contributed by atoms with van der Waals surface area (Å²) in [4.78, 5) is 17.9. The monoisotopic (exact) mass is 654 g/mol. The molecule has 40 heavy (non-hydrogen) atoms. The van der Waals surface area contributed by atoms with E-state index in [1.807, 2.05) is 84.3 Å². The van der Waals surface area contributed by atoms with E-state index in [-0.39, 0.29) is 5.78 Å². The molecule has 0 aliphatic carbocycles. The van der Waals surface area contributed by atoms with Crippen LogP contribution in [0.25, 0.3) is 5.69 Å². The highest BCUT2D eigenvalue weighted by Gasteiger charge is 2.28. The number of aliphatic imine (C=N–C) groups is 1. The van der Waals surface area contributed by atoms with Gasteiger partial charge in [-0.1, -0.05) is 60.7 Å². The molecule has 1 aliphatic heterocycles. The molecule has 0 radical (unpaired) electrons. The van der Waals surface area contributed by atoms with Crippen molar-refractivity contribution in [3.63, 3.8) is 0 Å². The third kappa shape index (κ3) is 5.17. The van der Waals surface area contributed by atoms with E-state index in [0.29, 0.717) is 22.1 Å². The van der Waals surface area contributed by atoms with Crippen LogP contribution in [0.4, 0.5) is 5.69 Å². The third-order valence-electron chi connectivity index (χ3n) is 6.56. The highest BCUT2D eigenvalue weighted by molar-refractivity contribution is 14.1. The fraction of sp³-hybridized carbons (Fsp3) is 0.0645. The molecular weight excluding hydrogens is 631 g/mol. The number of carbonyl (C=O) groups is 1. The van der Waals surface area contributed by atoms with Crippen LogP contribution in [0.15, 0.2) is 108 Å². The van der Waals surface area contributed by atoms with E-state index < -0.39 is 6.17 Å². The SMILES string of the molecule is Cc1nnc2n1-c1ccc(I)cc1C(c1ccccc1)=NC2NC(=S)Nc1ccc(C(=O)c2ccccc2)cc1. The molecule has 2 N–H and O–H groups in total. The van der Waals surface area contributed by atoms with Gasteiger partial charge in [-0.25, -0.2) is 0 Å². The molecular formula is C31H23IN6OS. The standard InChI is InChI=1S/C31H23IN6OS/c1-19-36-37-30-29(34-27(20-8-4-2-5-9-20)25-18-23(32)14-17-26(25)38(19)30)35-31(40)33-24-15-12-22(13-16-24)28(39)21-10-6-3-7-11-21/h2-18,29H,1H3,(H2,33,35,40). The van der Waals surface area contributed by atoms with Gasteiger partial charge < -0.3 is 10.6 Å². The first-order chi connectivity index (χ1) is 19.5. The number of fused-ring (bicyclic) bond motifs is 3. The predicted octanol–water partition coefficient (Wildman–Crippen LogP) is 6.25. The van der Waals surface area contributed by atoms with Crippen LogP contribution in [0.1, 0.15) is 44.9 Å². The maximum atomic E-state index is 12.8. The highest BCUT2D eigenvalue weighted by Crippen LogP contribution is 2.31. The Balaban J connectivity index is 1.30. The minimum Gasteiger partial charge on any atom is -0.334 e. The van der Waals surface area contributed by atoms with Crippen LogP contribution in [0.2, 0.25) is 0 Å². The Labute approximate surface area is 250 Å². The molecule has 1 atom stereocenters. The van der Waals surface area contributed by atoms with E-state index in [0.717, 1.165) is 37.6 Å². The van der Waals surface area contributed by atoms with E-state index in [9.17, 15) is 4.79 Å². The molecule has 0 bridgehead atoms. The summed E-state index contributed by atoms with van der Waals surface area (Å²) in [7, 11) is 0. The van der Waals surface area contributed by atoms with Crippen molar-refractivity contribution in [2.24, 2.45) is 4.99 Å². The number of rotatable bonds is 5. The Hall–Kier alpha value is -4.22. The average Bonchev–Trinajstić information content (AvgIpc) is 3.31. The van der Waals surface area contributed by atoms with Gasteiger partial charge in [0.05, 0.1) is 11.4 Å². The van der Waals surface area contributed by atoms with Crippen molar-refractivity contribution >= 4 is 57.1 Å². The van der Waals surface area contributed by atoms with Crippen molar-refractivity contribution in [3.05, 3.63) is 141 Å². The number of anilines is 1. The molecule has 1 unspecified atom stereocenters. The molecule has 0 amide bonds. The zero-order chi connectivity index (χ0) is 27.6. The van der Waals surface area contributed by atoms with Crippen molar-refractivity contribution in [2.75, 3.05) is 5.32 Å². The molecule has 5 aromatic rings. The number of aromatic nitrogens is 3. The van der Waals surface area contributed by atoms with Crippen molar-refractivity contribution in [3.8, 4) is 5.69 Å². The summed E-state index contributed by atoms with van der Waals surface area (Å²) in [5.41, 5.74) is 5.78. The van der Waals surface area contributed by atoms with Gasteiger partial charge in [0.1, 0.15) is 5.82 Å². The summed E-state index contributed by atoms with van der Waals surface area (Å²) >= 11 is 8.02. The Kier molecular flexibility index (Phi) is 7.23. The fourth-order valence-electron chi connectivity index (χ4n) is 4.68. The Morgan fingerprint density at radius 1 is 0.875 bits per heavy atom. The summed E-state index contributed by atoms with van der Waals surface area (Å²) in [6.07, 6.45) is -0.597. The minimum absolute atomic E-state index is 0.0296. The number of benzene rings is 4. The first kappa shape index (κ1) is 26.0. The number of thiocarbonyl (C=S) groups is 1. The van der Waals surface area contributed by atoms with Crippen molar-refractivity contribution in [2.45, 2.75) is 13.1 Å². The van der Waals surface area contributed by atoms with Crippen LogP contribution >= 0.6 is 34.8 Å². The lowest BCUT2D eigenvalue weighted by molar-refractivity contribution is 0.103. The first-order valence-electron chi connectivity index (χ1n) is 12.6. The molecule has 2 heterocycles. The van der Waals surface area contributed by atoms with Crippen LogP contribution in [0.5, 0.6) is 0 Å². The summed E-state index contributed by atoms with van der Waals surface area (Å²) < 4.78 is 3.12. The topological polar surface area (TPSA) is 84.2 Å². The summed E-state index contributed by atoms with van der Waals surface area (Å²) in [6.45, 7) is 1.93. The van der Waals surface area contributed by atoms with E-state index in [4.69, 9.17) is 17.2 Å². The second-order valence-corrected chi connectivity index (χ2v) is 10.9. The summed E-state index contributed by atoms with van der Waals surface area (Å²) in [5.74, 6) is 1.36. The van der Waals surface area contributed by atoms with Gasteiger partial charge in [0.2, 0.25) is 0 Å². The lowest BCUT2D eigenvalue weighted by Gasteiger charge is -2.17. The molecule has 0 saturated carbocycles. The second kappa shape index (κ2) is 11.1. The molecule has 7 nitrogen and oxygen atoms in total. The normalized spacial score (nSPS) is 13.8. The molecule has 4 aromatic carbocycles. The van der Waals surface area contributed by atoms with Crippen molar-refractivity contribution in [1.82, 2.24) is 20.1 Å². The number of nitrogens with zero attached hydrogens (tertiary/aromatic N) is 4. The molecule has 0 saturated heterocycles. The number of aryl methyl sites for hydroxylation is 1.